The average Bonchev–Trinajstić information content (AvgIpc) is 2.95. The smallest absolute Gasteiger partial charge is 0.191 e. The zero-order chi connectivity index (χ0) is 17.8. The predicted octanol–water partition coefficient (Wildman–Crippen LogP) is 5.27. The number of thioether (sulfide) groups is 1. The van der Waals surface area contributed by atoms with Crippen molar-refractivity contribution in [1.29, 1.82) is 0 Å². The largest absolute Gasteiger partial charge is 0.490 e. The molecule has 4 nitrogen and oxygen atoms in total. The highest BCUT2D eigenvalue weighted by molar-refractivity contribution is 7.99. The number of rotatable bonds is 6. The van der Waals surface area contributed by atoms with E-state index in [0.717, 1.165) is 16.5 Å². The normalized spacial score (nSPS) is 10.9. The Morgan fingerprint density at radius 1 is 1.04 bits per heavy atom. The number of aryl methyl sites for hydroxylation is 1. The fourth-order valence-electron chi connectivity index (χ4n) is 2.40. The van der Waals surface area contributed by atoms with Crippen molar-refractivity contribution < 1.29 is 4.74 Å². The Labute approximate surface area is 161 Å². The van der Waals surface area contributed by atoms with Gasteiger partial charge < -0.3 is 9.30 Å². The molecule has 0 saturated carbocycles. The van der Waals surface area contributed by atoms with E-state index < -0.39 is 0 Å². The lowest BCUT2D eigenvalue weighted by Gasteiger charge is -2.09. The Balaban J connectivity index is 1.62. The molecule has 0 saturated heterocycles. The average molecular weight is 394 g/mol. The SMILES string of the molecule is Cc1ccccc1-c1nnc(SCCOc2c(Cl)cccc2Cl)n1C. The third kappa shape index (κ3) is 4.11. The molecular weight excluding hydrogens is 377 g/mol. The molecule has 0 aliphatic heterocycles. The van der Waals surface area contributed by atoms with Gasteiger partial charge in [0, 0.05) is 18.4 Å². The van der Waals surface area contributed by atoms with Crippen molar-refractivity contribution in [3.63, 3.8) is 0 Å². The molecule has 0 bridgehead atoms. The van der Waals surface area contributed by atoms with Crippen LogP contribution in [0.5, 0.6) is 5.75 Å². The molecule has 0 amide bonds. The number of nitrogens with zero attached hydrogens (tertiary/aromatic N) is 3. The van der Waals surface area contributed by atoms with Gasteiger partial charge in [-0.2, -0.15) is 0 Å². The zero-order valence-electron chi connectivity index (χ0n) is 13.9. The monoisotopic (exact) mass is 393 g/mol. The third-order valence-electron chi connectivity index (χ3n) is 3.70. The van der Waals surface area contributed by atoms with Crippen LogP contribution < -0.4 is 4.74 Å². The van der Waals surface area contributed by atoms with E-state index in [9.17, 15) is 0 Å². The summed E-state index contributed by atoms with van der Waals surface area (Å²) in [6, 6.07) is 13.4. The van der Waals surface area contributed by atoms with Crippen molar-refractivity contribution in [2.75, 3.05) is 12.4 Å². The summed E-state index contributed by atoms with van der Waals surface area (Å²) in [5, 5.41) is 10.5. The van der Waals surface area contributed by atoms with Crippen LogP contribution in [0.2, 0.25) is 10.0 Å². The van der Waals surface area contributed by atoms with Crippen molar-refractivity contribution in [2.45, 2.75) is 12.1 Å². The molecule has 1 heterocycles. The lowest BCUT2D eigenvalue weighted by atomic mass is 10.1. The molecule has 1 aromatic heterocycles. The van der Waals surface area contributed by atoms with Crippen LogP contribution in [0, 0.1) is 6.92 Å². The van der Waals surface area contributed by atoms with Gasteiger partial charge in [-0.25, -0.2) is 0 Å². The van der Waals surface area contributed by atoms with E-state index in [1.165, 1.54) is 5.56 Å². The fourth-order valence-corrected chi connectivity index (χ4v) is 3.63. The van der Waals surface area contributed by atoms with Gasteiger partial charge in [-0.15, -0.1) is 10.2 Å². The highest BCUT2D eigenvalue weighted by Crippen LogP contribution is 2.32. The standard InChI is InChI=1S/C18H17Cl2N3OS/c1-12-6-3-4-7-13(12)17-21-22-18(23(17)2)25-11-10-24-16-14(19)8-5-9-15(16)20/h3-9H,10-11H2,1-2H3. The molecule has 0 atom stereocenters. The molecule has 0 unspecified atom stereocenters. The maximum atomic E-state index is 6.09. The van der Waals surface area contributed by atoms with Crippen LogP contribution in [0.1, 0.15) is 5.56 Å². The summed E-state index contributed by atoms with van der Waals surface area (Å²) in [6.45, 7) is 2.54. The van der Waals surface area contributed by atoms with Crippen LogP contribution in [0.15, 0.2) is 47.6 Å². The topological polar surface area (TPSA) is 39.9 Å². The molecule has 0 N–H and O–H groups in total. The van der Waals surface area contributed by atoms with Crippen molar-refractivity contribution in [1.82, 2.24) is 14.8 Å². The molecule has 25 heavy (non-hydrogen) atoms. The second-order valence-electron chi connectivity index (χ2n) is 5.43. The van der Waals surface area contributed by atoms with Gasteiger partial charge in [0.2, 0.25) is 0 Å². The molecule has 0 radical (unpaired) electrons. The third-order valence-corrected chi connectivity index (χ3v) is 5.28. The summed E-state index contributed by atoms with van der Waals surface area (Å²) in [5.74, 6) is 2.09. The molecule has 130 valence electrons. The van der Waals surface area contributed by atoms with E-state index in [-0.39, 0.29) is 0 Å². The first-order valence-corrected chi connectivity index (χ1v) is 9.47. The zero-order valence-corrected chi connectivity index (χ0v) is 16.2. The van der Waals surface area contributed by atoms with E-state index in [1.54, 1.807) is 30.0 Å². The summed E-state index contributed by atoms with van der Waals surface area (Å²) in [6.07, 6.45) is 0. The summed E-state index contributed by atoms with van der Waals surface area (Å²) in [7, 11) is 1.97. The first-order valence-electron chi connectivity index (χ1n) is 7.73. The van der Waals surface area contributed by atoms with Gasteiger partial charge >= 0.3 is 0 Å². The van der Waals surface area contributed by atoms with Crippen molar-refractivity contribution in [3.05, 3.63) is 58.1 Å². The number of benzene rings is 2. The van der Waals surface area contributed by atoms with Crippen LogP contribution >= 0.6 is 35.0 Å². The summed E-state index contributed by atoms with van der Waals surface area (Å²) in [4.78, 5) is 0. The Bertz CT molecular complexity index is 862. The molecule has 0 fully saturated rings. The lowest BCUT2D eigenvalue weighted by molar-refractivity contribution is 0.344. The summed E-state index contributed by atoms with van der Waals surface area (Å²) < 4.78 is 7.69. The van der Waals surface area contributed by atoms with Crippen molar-refractivity contribution in [2.24, 2.45) is 7.05 Å². The molecule has 0 aliphatic rings. The molecular formula is C18H17Cl2N3OS. The van der Waals surface area contributed by atoms with E-state index in [4.69, 9.17) is 27.9 Å². The van der Waals surface area contributed by atoms with Gasteiger partial charge in [-0.3, -0.25) is 0 Å². The number of hydrogen-bond donors (Lipinski definition) is 0. The quantitative estimate of drug-likeness (QED) is 0.422. The molecule has 3 aromatic rings. The number of para-hydroxylation sites is 1. The molecule has 2 aromatic carbocycles. The Morgan fingerprint density at radius 3 is 2.48 bits per heavy atom. The predicted molar refractivity (Wildman–Crippen MR) is 104 cm³/mol. The van der Waals surface area contributed by atoms with Gasteiger partial charge in [0.1, 0.15) is 0 Å². The maximum Gasteiger partial charge on any atom is 0.191 e. The van der Waals surface area contributed by atoms with Gasteiger partial charge in [0.15, 0.2) is 16.7 Å². The molecule has 7 heteroatoms. The van der Waals surface area contributed by atoms with E-state index in [0.29, 0.717) is 28.2 Å². The minimum atomic E-state index is 0.473. The first kappa shape index (κ1) is 18.1. The van der Waals surface area contributed by atoms with Crippen molar-refractivity contribution in [3.8, 4) is 17.1 Å². The second kappa shape index (κ2) is 8.13. The van der Waals surface area contributed by atoms with Crippen LogP contribution in [0.4, 0.5) is 0 Å². The summed E-state index contributed by atoms with van der Waals surface area (Å²) >= 11 is 13.8. The lowest BCUT2D eigenvalue weighted by Crippen LogP contribution is -2.03. The number of ether oxygens (including phenoxy) is 1. The van der Waals surface area contributed by atoms with Gasteiger partial charge in [-0.05, 0) is 24.6 Å². The van der Waals surface area contributed by atoms with Gasteiger partial charge in [0.05, 0.1) is 16.7 Å². The molecule has 0 spiro atoms. The Kier molecular flexibility index (Phi) is 5.89. The van der Waals surface area contributed by atoms with E-state index in [1.807, 2.05) is 23.7 Å². The second-order valence-corrected chi connectivity index (χ2v) is 7.30. The fraction of sp³-hybridized carbons (Fsp3) is 0.222. The number of halogens is 2. The van der Waals surface area contributed by atoms with Crippen LogP contribution in [-0.2, 0) is 7.05 Å². The maximum absolute atomic E-state index is 6.09. The number of hydrogen-bond acceptors (Lipinski definition) is 4. The number of aromatic nitrogens is 3. The van der Waals surface area contributed by atoms with Crippen molar-refractivity contribution >= 4 is 35.0 Å². The van der Waals surface area contributed by atoms with Gasteiger partial charge in [0.25, 0.3) is 0 Å². The summed E-state index contributed by atoms with van der Waals surface area (Å²) in [5.41, 5.74) is 2.26. The molecule has 3 rings (SSSR count). The van der Waals surface area contributed by atoms with Crippen LogP contribution in [-0.4, -0.2) is 27.1 Å². The van der Waals surface area contributed by atoms with Gasteiger partial charge in [-0.1, -0.05) is 65.3 Å². The van der Waals surface area contributed by atoms with Crippen LogP contribution in [0.25, 0.3) is 11.4 Å². The molecule has 0 aliphatic carbocycles. The Hall–Kier alpha value is -1.69. The van der Waals surface area contributed by atoms with Crippen LogP contribution in [0.3, 0.4) is 0 Å². The van der Waals surface area contributed by atoms with E-state index in [2.05, 4.69) is 29.3 Å². The Morgan fingerprint density at radius 2 is 1.76 bits per heavy atom. The highest BCUT2D eigenvalue weighted by Gasteiger charge is 2.13. The first-order chi connectivity index (χ1) is 12.1. The minimum absolute atomic E-state index is 0.473. The highest BCUT2D eigenvalue weighted by atomic mass is 35.5. The van der Waals surface area contributed by atoms with E-state index >= 15 is 0 Å². The minimum Gasteiger partial charge on any atom is -0.490 e.